The van der Waals surface area contributed by atoms with Crippen LogP contribution in [0, 0.1) is 0 Å². The average Bonchev–Trinajstić information content (AvgIpc) is 2.25. The molecule has 0 N–H and O–H groups in total. The second-order valence-electron chi connectivity index (χ2n) is 1.17. The van der Waals surface area contributed by atoms with Crippen molar-refractivity contribution in [2.24, 2.45) is 0 Å². The van der Waals surface area contributed by atoms with Gasteiger partial charge in [0.05, 0.1) is 12.5 Å². The third-order valence-electron chi connectivity index (χ3n) is 0.481. The van der Waals surface area contributed by atoms with Gasteiger partial charge in [-0.1, -0.05) is 53.9 Å². The van der Waals surface area contributed by atoms with E-state index < -0.39 is 0 Å². The Labute approximate surface area is 84.8 Å². The van der Waals surface area contributed by atoms with E-state index in [1.807, 2.05) is 33.8 Å². The van der Waals surface area contributed by atoms with Crippen LogP contribution in [0.15, 0.2) is 38.3 Å². The largest absolute Gasteiger partial charge is 0.474 e. The highest BCUT2D eigenvalue weighted by Crippen LogP contribution is 1.66. The van der Waals surface area contributed by atoms with Gasteiger partial charge in [-0.25, -0.2) is 0 Å². The summed E-state index contributed by atoms with van der Waals surface area (Å²) in [5, 5.41) is 0. The number of hydrogen-bond acceptors (Lipinski definition) is 1. The highest BCUT2D eigenvalue weighted by Gasteiger charge is 1.46. The van der Waals surface area contributed by atoms with Gasteiger partial charge in [-0.2, -0.15) is 0 Å². The molecular weight excluding hydrogens is 160 g/mol. The highest BCUT2D eigenvalue weighted by molar-refractivity contribution is 4.60. The normalized spacial score (nSPS) is 5.00. The number of allylic oxidation sites excluding steroid dienone is 1. The Morgan fingerprint density at radius 2 is 1.15 bits per heavy atom. The molecule has 0 rings (SSSR count). The molecule has 0 saturated heterocycles. The first kappa shape index (κ1) is 22.7. The zero-order chi connectivity index (χ0) is 11.5. The summed E-state index contributed by atoms with van der Waals surface area (Å²) in [6.07, 6.45) is 5.58. The molecule has 0 heterocycles. The van der Waals surface area contributed by atoms with E-state index in [4.69, 9.17) is 0 Å². The van der Waals surface area contributed by atoms with Gasteiger partial charge in [-0.05, 0) is 6.42 Å². The van der Waals surface area contributed by atoms with Crippen LogP contribution >= 0.6 is 0 Å². The van der Waals surface area contributed by atoms with E-state index in [1.165, 1.54) is 12.5 Å². The molecule has 0 fully saturated rings. The predicted molar refractivity (Wildman–Crippen MR) is 64.7 cm³/mol. The van der Waals surface area contributed by atoms with E-state index in [9.17, 15) is 0 Å². The maximum atomic E-state index is 4.36. The molecule has 0 aromatic heterocycles. The first-order valence-electron chi connectivity index (χ1n) is 4.81. The van der Waals surface area contributed by atoms with Gasteiger partial charge in [0.2, 0.25) is 0 Å². The smallest absolute Gasteiger partial charge is 0.0829 e. The summed E-state index contributed by atoms with van der Waals surface area (Å²) in [6.45, 7) is 20.1. The summed E-state index contributed by atoms with van der Waals surface area (Å²) in [4.78, 5) is 0. The molecule has 13 heavy (non-hydrogen) atoms. The van der Waals surface area contributed by atoms with Crippen molar-refractivity contribution in [3.05, 3.63) is 38.3 Å². The summed E-state index contributed by atoms with van der Waals surface area (Å²) in [5.41, 5.74) is 0. The quantitative estimate of drug-likeness (QED) is 0.449. The van der Waals surface area contributed by atoms with Gasteiger partial charge in [-0.3, -0.25) is 0 Å². The lowest BCUT2D eigenvalue weighted by Crippen LogP contribution is -1.52. The van der Waals surface area contributed by atoms with E-state index in [0.29, 0.717) is 0 Å². The van der Waals surface area contributed by atoms with Crippen LogP contribution in [0.25, 0.3) is 0 Å². The molecule has 1 nitrogen and oxygen atoms in total. The maximum absolute atomic E-state index is 4.36. The monoisotopic (exact) mass is 186 g/mol. The SMILES string of the molecule is C=CCC.C=COC=C.CC.CC. The molecule has 0 aliphatic rings. The highest BCUT2D eigenvalue weighted by atomic mass is 16.5. The lowest BCUT2D eigenvalue weighted by Gasteiger charge is -1.76. The molecule has 0 aromatic carbocycles. The van der Waals surface area contributed by atoms with Crippen molar-refractivity contribution in [1.82, 2.24) is 0 Å². The van der Waals surface area contributed by atoms with Crippen molar-refractivity contribution in [3.8, 4) is 0 Å². The second-order valence-corrected chi connectivity index (χ2v) is 1.17. The van der Waals surface area contributed by atoms with Crippen LogP contribution in [0.2, 0.25) is 0 Å². The molecule has 0 aliphatic carbocycles. The van der Waals surface area contributed by atoms with Crippen LogP contribution in [0.5, 0.6) is 0 Å². The third kappa shape index (κ3) is 220. The molecule has 0 saturated carbocycles. The fraction of sp³-hybridized carbons (Fsp3) is 0.500. The molecule has 0 atom stereocenters. The molecule has 0 radical (unpaired) electrons. The van der Waals surface area contributed by atoms with Gasteiger partial charge in [0.25, 0.3) is 0 Å². The Kier molecular flexibility index (Phi) is 120. The van der Waals surface area contributed by atoms with Crippen LogP contribution in [0.4, 0.5) is 0 Å². The van der Waals surface area contributed by atoms with Crippen LogP contribution < -0.4 is 0 Å². The van der Waals surface area contributed by atoms with E-state index >= 15 is 0 Å². The predicted octanol–water partition coefficient (Wildman–Crippen LogP) is 4.92. The Hall–Kier alpha value is -0.980. The summed E-state index contributed by atoms with van der Waals surface area (Å²) >= 11 is 0. The molecule has 0 amide bonds. The number of ether oxygens (including phenoxy) is 1. The Bertz CT molecular complexity index is 69.2. The molecule has 0 bridgehead atoms. The lowest BCUT2D eigenvalue weighted by molar-refractivity contribution is 0.406. The van der Waals surface area contributed by atoms with Gasteiger partial charge >= 0.3 is 0 Å². The van der Waals surface area contributed by atoms with Crippen molar-refractivity contribution in [3.63, 3.8) is 0 Å². The van der Waals surface area contributed by atoms with Crippen molar-refractivity contribution in [2.75, 3.05) is 0 Å². The zero-order valence-corrected chi connectivity index (χ0v) is 9.97. The Balaban J connectivity index is -0.0000000457. The average molecular weight is 186 g/mol. The van der Waals surface area contributed by atoms with Crippen molar-refractivity contribution in [2.45, 2.75) is 41.0 Å². The van der Waals surface area contributed by atoms with Gasteiger partial charge < -0.3 is 4.74 Å². The van der Waals surface area contributed by atoms with Crippen molar-refractivity contribution in [1.29, 1.82) is 0 Å². The lowest BCUT2D eigenvalue weighted by atomic mass is 10.5. The fourth-order valence-corrected chi connectivity index (χ4v) is 0.0680. The van der Waals surface area contributed by atoms with E-state index in [0.717, 1.165) is 6.42 Å². The summed E-state index contributed by atoms with van der Waals surface area (Å²) in [5.74, 6) is 0. The fourth-order valence-electron chi connectivity index (χ4n) is 0.0680. The third-order valence-corrected chi connectivity index (χ3v) is 0.481. The van der Waals surface area contributed by atoms with Crippen LogP contribution in [-0.2, 0) is 4.74 Å². The zero-order valence-electron chi connectivity index (χ0n) is 9.97. The molecular formula is C12H26O. The topological polar surface area (TPSA) is 9.23 Å². The molecule has 80 valence electrons. The molecule has 0 aliphatic heterocycles. The minimum atomic E-state index is 1.08. The van der Waals surface area contributed by atoms with E-state index in [2.05, 4.69) is 31.4 Å². The molecule has 1 heteroatoms. The molecule has 0 unspecified atom stereocenters. The first-order valence-corrected chi connectivity index (χ1v) is 4.81. The summed E-state index contributed by atoms with van der Waals surface area (Å²) in [7, 11) is 0. The van der Waals surface area contributed by atoms with Crippen molar-refractivity contribution >= 4 is 0 Å². The number of hydrogen-bond donors (Lipinski definition) is 0. The van der Waals surface area contributed by atoms with Crippen molar-refractivity contribution < 1.29 is 4.74 Å². The second kappa shape index (κ2) is 68.5. The summed E-state index contributed by atoms with van der Waals surface area (Å²) in [6, 6.07) is 0. The van der Waals surface area contributed by atoms with E-state index in [-0.39, 0.29) is 0 Å². The summed E-state index contributed by atoms with van der Waals surface area (Å²) < 4.78 is 4.36. The van der Waals surface area contributed by atoms with Gasteiger partial charge in [0, 0.05) is 0 Å². The van der Waals surface area contributed by atoms with Crippen LogP contribution in [0.3, 0.4) is 0 Å². The van der Waals surface area contributed by atoms with Crippen LogP contribution in [-0.4, -0.2) is 0 Å². The maximum Gasteiger partial charge on any atom is 0.0829 e. The molecule has 0 aromatic rings. The van der Waals surface area contributed by atoms with E-state index in [1.54, 1.807) is 0 Å². The van der Waals surface area contributed by atoms with Gasteiger partial charge in [-0.15, -0.1) is 6.58 Å². The first-order chi connectivity index (χ1) is 6.33. The van der Waals surface area contributed by atoms with Gasteiger partial charge in [0.15, 0.2) is 0 Å². The van der Waals surface area contributed by atoms with Gasteiger partial charge in [0.1, 0.15) is 0 Å². The Morgan fingerprint density at radius 1 is 0.923 bits per heavy atom. The standard InChI is InChI=1S/C4H6O.C4H8.2C2H6/c1-3-5-4-2;1-3-4-2;2*1-2/h3-4H,1-2H2;3H,1,4H2,2H3;2*1-2H3. The minimum Gasteiger partial charge on any atom is -0.474 e. The van der Waals surface area contributed by atoms with Crippen LogP contribution in [0.1, 0.15) is 41.0 Å². The minimum absolute atomic E-state index is 1.08. The number of rotatable bonds is 3. The molecule has 0 spiro atoms. The Morgan fingerprint density at radius 3 is 1.15 bits per heavy atom.